The van der Waals surface area contributed by atoms with E-state index in [2.05, 4.69) is 15.9 Å². The standard InChI is InChI=1S/C6H6BBrO3S/c1-3(9)6-4(8)2-5(12-6)7(10)11/h2,10-11H,1H3. The Morgan fingerprint density at radius 1 is 1.67 bits per heavy atom. The number of thiophene rings is 1. The zero-order valence-electron chi connectivity index (χ0n) is 6.24. The van der Waals surface area contributed by atoms with Gasteiger partial charge in [-0.25, -0.2) is 0 Å². The summed E-state index contributed by atoms with van der Waals surface area (Å²) in [6.45, 7) is 1.43. The van der Waals surface area contributed by atoms with Crippen LogP contribution in [0.1, 0.15) is 16.6 Å². The fraction of sp³-hybridized carbons (Fsp3) is 0.167. The zero-order valence-corrected chi connectivity index (χ0v) is 8.65. The Kier molecular flexibility index (Phi) is 3.06. The second-order valence-corrected chi connectivity index (χ2v) is 4.19. The minimum absolute atomic E-state index is 0.0845. The van der Waals surface area contributed by atoms with Crippen molar-refractivity contribution in [2.24, 2.45) is 0 Å². The van der Waals surface area contributed by atoms with Crippen molar-refractivity contribution in [3.8, 4) is 0 Å². The summed E-state index contributed by atoms with van der Waals surface area (Å²) in [6, 6.07) is 1.53. The third kappa shape index (κ3) is 1.95. The number of Topliss-reactive ketones (excluding diaryl/α,β-unsaturated/α-hetero) is 1. The second-order valence-electron chi connectivity index (χ2n) is 2.26. The van der Waals surface area contributed by atoms with Crippen molar-refractivity contribution < 1.29 is 14.8 Å². The van der Waals surface area contributed by atoms with Crippen molar-refractivity contribution in [2.45, 2.75) is 6.92 Å². The lowest BCUT2D eigenvalue weighted by atomic mass is 9.90. The molecule has 0 unspecified atom stereocenters. The second kappa shape index (κ2) is 3.70. The monoisotopic (exact) mass is 248 g/mol. The first kappa shape index (κ1) is 9.92. The summed E-state index contributed by atoms with van der Waals surface area (Å²) in [6.07, 6.45) is 0. The highest BCUT2D eigenvalue weighted by Crippen LogP contribution is 2.21. The van der Waals surface area contributed by atoms with Gasteiger partial charge in [-0.1, -0.05) is 0 Å². The van der Waals surface area contributed by atoms with Crippen LogP contribution in [0.3, 0.4) is 0 Å². The van der Waals surface area contributed by atoms with E-state index in [1.165, 1.54) is 13.0 Å². The SMILES string of the molecule is CC(=O)c1sc(B(O)O)cc1Br. The molecule has 0 aliphatic rings. The van der Waals surface area contributed by atoms with Crippen LogP contribution in [-0.2, 0) is 0 Å². The first-order chi connectivity index (χ1) is 5.52. The first-order valence-electron chi connectivity index (χ1n) is 3.18. The topological polar surface area (TPSA) is 57.5 Å². The summed E-state index contributed by atoms with van der Waals surface area (Å²) >= 11 is 4.23. The van der Waals surface area contributed by atoms with E-state index in [9.17, 15) is 4.79 Å². The Morgan fingerprint density at radius 3 is 2.50 bits per heavy atom. The van der Waals surface area contributed by atoms with Crippen molar-refractivity contribution in [1.82, 2.24) is 0 Å². The predicted molar refractivity (Wildman–Crippen MR) is 51.8 cm³/mol. The summed E-state index contributed by atoms with van der Waals surface area (Å²) < 4.78 is 0.982. The molecule has 0 aliphatic heterocycles. The molecule has 0 aliphatic carbocycles. The summed E-state index contributed by atoms with van der Waals surface area (Å²) in [4.78, 5) is 11.4. The van der Waals surface area contributed by atoms with Gasteiger partial charge in [-0.2, -0.15) is 0 Å². The Hall–Kier alpha value is -0.165. The lowest BCUT2D eigenvalue weighted by Crippen LogP contribution is -2.26. The lowest BCUT2D eigenvalue weighted by Gasteiger charge is -1.89. The highest BCUT2D eigenvalue weighted by Gasteiger charge is 2.18. The minimum atomic E-state index is -1.50. The normalized spacial score (nSPS) is 10.0. The molecular formula is C6H6BBrO3S. The maximum Gasteiger partial charge on any atom is 0.499 e. The molecule has 2 N–H and O–H groups in total. The van der Waals surface area contributed by atoms with Crippen LogP contribution in [0.5, 0.6) is 0 Å². The maximum atomic E-state index is 10.9. The molecule has 0 amide bonds. The van der Waals surface area contributed by atoms with Gasteiger partial charge in [0.15, 0.2) is 5.78 Å². The van der Waals surface area contributed by atoms with Gasteiger partial charge in [0.2, 0.25) is 0 Å². The Bertz CT molecular complexity index is 310. The number of carbonyl (C=O) groups is 1. The van der Waals surface area contributed by atoms with Crippen molar-refractivity contribution >= 4 is 44.9 Å². The largest absolute Gasteiger partial charge is 0.499 e. The number of rotatable bonds is 2. The van der Waals surface area contributed by atoms with Gasteiger partial charge < -0.3 is 10.0 Å². The van der Waals surface area contributed by atoms with Crippen molar-refractivity contribution in [3.63, 3.8) is 0 Å². The molecule has 3 nitrogen and oxygen atoms in total. The van der Waals surface area contributed by atoms with Crippen LogP contribution in [0.2, 0.25) is 0 Å². The van der Waals surface area contributed by atoms with Gasteiger partial charge in [-0.05, 0) is 28.9 Å². The minimum Gasteiger partial charge on any atom is -0.423 e. The number of ketones is 1. The number of halogens is 1. The molecule has 0 aromatic carbocycles. The fourth-order valence-electron chi connectivity index (χ4n) is 0.754. The molecule has 1 rings (SSSR count). The zero-order chi connectivity index (χ0) is 9.30. The average molecular weight is 249 g/mol. The van der Waals surface area contributed by atoms with Gasteiger partial charge in [0.05, 0.1) is 4.88 Å². The van der Waals surface area contributed by atoms with Crippen LogP contribution < -0.4 is 4.78 Å². The molecule has 0 bridgehead atoms. The Morgan fingerprint density at radius 2 is 2.25 bits per heavy atom. The van der Waals surface area contributed by atoms with E-state index < -0.39 is 7.12 Å². The van der Waals surface area contributed by atoms with E-state index in [0.717, 1.165) is 11.3 Å². The van der Waals surface area contributed by atoms with Gasteiger partial charge in [-0.3, -0.25) is 4.79 Å². The van der Waals surface area contributed by atoms with E-state index in [-0.39, 0.29) is 5.78 Å². The van der Waals surface area contributed by atoms with Gasteiger partial charge in [-0.15, -0.1) is 11.3 Å². The highest BCUT2D eigenvalue weighted by atomic mass is 79.9. The molecule has 0 radical (unpaired) electrons. The van der Waals surface area contributed by atoms with Crippen LogP contribution in [0.25, 0.3) is 0 Å². The summed E-state index contributed by atoms with van der Waals surface area (Å²) in [5.41, 5.74) is 0. The van der Waals surface area contributed by atoms with E-state index in [1.807, 2.05) is 0 Å². The van der Waals surface area contributed by atoms with Crippen LogP contribution in [0.4, 0.5) is 0 Å². The molecule has 1 aromatic heterocycles. The Labute approximate surface area is 82.3 Å². The van der Waals surface area contributed by atoms with E-state index in [4.69, 9.17) is 10.0 Å². The third-order valence-corrected chi connectivity index (χ3v) is 3.44. The molecule has 12 heavy (non-hydrogen) atoms. The van der Waals surface area contributed by atoms with Crippen molar-refractivity contribution in [3.05, 3.63) is 15.4 Å². The number of hydrogen-bond donors (Lipinski definition) is 2. The molecule has 0 atom stereocenters. The highest BCUT2D eigenvalue weighted by molar-refractivity contribution is 9.10. The molecule has 0 saturated carbocycles. The first-order valence-corrected chi connectivity index (χ1v) is 4.79. The lowest BCUT2D eigenvalue weighted by molar-refractivity contribution is 0.102. The fourth-order valence-corrected chi connectivity index (χ4v) is 2.49. The van der Waals surface area contributed by atoms with Crippen LogP contribution in [0.15, 0.2) is 10.5 Å². The number of hydrogen-bond acceptors (Lipinski definition) is 4. The van der Waals surface area contributed by atoms with E-state index in [1.54, 1.807) is 0 Å². The average Bonchev–Trinajstić information content (AvgIpc) is 2.30. The van der Waals surface area contributed by atoms with Crippen LogP contribution in [0, 0.1) is 0 Å². The molecule has 1 aromatic rings. The molecule has 0 saturated heterocycles. The molecular weight excluding hydrogens is 243 g/mol. The van der Waals surface area contributed by atoms with Gasteiger partial charge in [0, 0.05) is 9.25 Å². The predicted octanol–water partition coefficient (Wildman–Crippen LogP) is 0.393. The van der Waals surface area contributed by atoms with Gasteiger partial charge in [0.1, 0.15) is 0 Å². The molecule has 64 valence electrons. The quantitative estimate of drug-likeness (QED) is 0.588. The molecule has 0 spiro atoms. The number of carbonyl (C=O) groups excluding carboxylic acids is 1. The van der Waals surface area contributed by atoms with Crippen molar-refractivity contribution in [2.75, 3.05) is 0 Å². The van der Waals surface area contributed by atoms with E-state index >= 15 is 0 Å². The Balaban J connectivity index is 3.09. The van der Waals surface area contributed by atoms with Crippen LogP contribution >= 0.6 is 27.3 Å². The molecule has 0 fully saturated rings. The molecule has 1 heterocycles. The third-order valence-electron chi connectivity index (χ3n) is 1.28. The summed E-state index contributed by atoms with van der Waals surface area (Å²) in [5.74, 6) is -0.0845. The maximum absolute atomic E-state index is 10.9. The molecule has 6 heteroatoms. The summed E-state index contributed by atoms with van der Waals surface area (Å²) in [5, 5.41) is 17.6. The van der Waals surface area contributed by atoms with E-state index in [0.29, 0.717) is 14.1 Å². The van der Waals surface area contributed by atoms with Crippen molar-refractivity contribution in [1.29, 1.82) is 0 Å². The van der Waals surface area contributed by atoms with Gasteiger partial charge in [0.25, 0.3) is 0 Å². The smallest absolute Gasteiger partial charge is 0.423 e. The van der Waals surface area contributed by atoms with Gasteiger partial charge >= 0.3 is 7.12 Å². The summed E-state index contributed by atoms with van der Waals surface area (Å²) in [7, 11) is -1.50. The van der Waals surface area contributed by atoms with Crippen LogP contribution in [-0.4, -0.2) is 22.9 Å².